The third-order valence-electron chi connectivity index (χ3n) is 3.78. The minimum Gasteiger partial charge on any atom is -0.324 e. The number of nitrogens with zero attached hydrogens (tertiary/aromatic N) is 2. The molecule has 1 heterocycles. The average molecular weight is 371 g/mol. The van der Waals surface area contributed by atoms with Gasteiger partial charge in [0.15, 0.2) is 0 Å². The van der Waals surface area contributed by atoms with Crippen molar-refractivity contribution >= 4 is 27.5 Å². The van der Waals surface area contributed by atoms with Crippen LogP contribution in [0.15, 0.2) is 34.9 Å². The first kappa shape index (κ1) is 16.5. The van der Waals surface area contributed by atoms with E-state index in [4.69, 9.17) is 17.3 Å². The molecule has 0 aliphatic rings. The maximum atomic E-state index is 6.27. The van der Waals surface area contributed by atoms with Crippen molar-refractivity contribution in [2.24, 2.45) is 5.73 Å². The molecular formula is C16H21BrClN3. The lowest BCUT2D eigenvalue weighted by atomic mass is 10.0. The molecule has 1 atom stereocenters. The van der Waals surface area contributed by atoms with Crippen LogP contribution in [-0.4, -0.2) is 9.78 Å². The molecule has 114 valence electrons. The van der Waals surface area contributed by atoms with Crippen LogP contribution in [0.25, 0.3) is 0 Å². The minimum atomic E-state index is -0.0966. The van der Waals surface area contributed by atoms with Crippen molar-refractivity contribution in [3.63, 3.8) is 0 Å². The SMILES string of the molecule is CCC(CC)n1ccc(CC(N)c2ccc(Br)c(Cl)c2)n1. The van der Waals surface area contributed by atoms with Crippen molar-refractivity contribution in [2.75, 3.05) is 0 Å². The van der Waals surface area contributed by atoms with Crippen LogP contribution >= 0.6 is 27.5 Å². The smallest absolute Gasteiger partial charge is 0.0643 e. The molecular weight excluding hydrogens is 350 g/mol. The molecule has 0 amide bonds. The predicted octanol–water partition coefficient (Wildman–Crippen LogP) is 4.90. The Hall–Kier alpha value is -0.840. The number of hydrogen-bond acceptors (Lipinski definition) is 2. The number of rotatable bonds is 6. The number of aromatic nitrogens is 2. The number of hydrogen-bond donors (Lipinski definition) is 1. The summed E-state index contributed by atoms with van der Waals surface area (Å²) in [5.74, 6) is 0. The summed E-state index contributed by atoms with van der Waals surface area (Å²) in [6.45, 7) is 4.37. The standard InChI is InChI=1S/C16H21BrClN3/c1-3-13(4-2)21-8-7-12(20-21)10-16(19)11-5-6-14(17)15(18)9-11/h5-9,13,16H,3-4,10,19H2,1-2H3. The highest BCUT2D eigenvalue weighted by Gasteiger charge is 2.13. The van der Waals surface area contributed by atoms with Gasteiger partial charge in [0.1, 0.15) is 0 Å². The van der Waals surface area contributed by atoms with Crippen LogP contribution in [0.3, 0.4) is 0 Å². The van der Waals surface area contributed by atoms with E-state index in [1.54, 1.807) is 0 Å². The van der Waals surface area contributed by atoms with Crippen molar-refractivity contribution < 1.29 is 0 Å². The van der Waals surface area contributed by atoms with E-state index >= 15 is 0 Å². The van der Waals surface area contributed by atoms with Gasteiger partial charge < -0.3 is 5.73 Å². The highest BCUT2D eigenvalue weighted by Crippen LogP contribution is 2.26. The van der Waals surface area contributed by atoms with Crippen LogP contribution in [0.1, 0.15) is 50.0 Å². The van der Waals surface area contributed by atoms with E-state index in [-0.39, 0.29) is 6.04 Å². The Bertz CT molecular complexity index is 593. The number of nitrogens with two attached hydrogens (primary N) is 1. The molecule has 2 N–H and O–H groups in total. The van der Waals surface area contributed by atoms with Gasteiger partial charge in [-0.2, -0.15) is 5.10 Å². The fourth-order valence-electron chi connectivity index (χ4n) is 2.44. The second-order valence-electron chi connectivity index (χ2n) is 5.24. The van der Waals surface area contributed by atoms with Gasteiger partial charge in [-0.25, -0.2) is 0 Å². The summed E-state index contributed by atoms with van der Waals surface area (Å²) in [7, 11) is 0. The quantitative estimate of drug-likeness (QED) is 0.785. The predicted molar refractivity (Wildman–Crippen MR) is 91.6 cm³/mol. The zero-order valence-electron chi connectivity index (χ0n) is 12.4. The van der Waals surface area contributed by atoms with E-state index in [0.717, 1.165) is 28.6 Å². The molecule has 0 fully saturated rings. The van der Waals surface area contributed by atoms with Gasteiger partial charge in [0.25, 0.3) is 0 Å². The van der Waals surface area contributed by atoms with Crippen molar-refractivity contribution in [1.29, 1.82) is 0 Å². The Labute approximate surface area is 139 Å². The average Bonchev–Trinajstić information content (AvgIpc) is 2.91. The Morgan fingerprint density at radius 2 is 2.00 bits per heavy atom. The Balaban J connectivity index is 2.08. The summed E-state index contributed by atoms with van der Waals surface area (Å²) >= 11 is 9.51. The third-order valence-corrected chi connectivity index (χ3v) is 5.01. The first-order valence-electron chi connectivity index (χ1n) is 7.29. The second kappa shape index (κ2) is 7.43. The van der Waals surface area contributed by atoms with Gasteiger partial charge in [-0.1, -0.05) is 31.5 Å². The summed E-state index contributed by atoms with van der Waals surface area (Å²) in [4.78, 5) is 0. The van der Waals surface area contributed by atoms with E-state index in [2.05, 4.69) is 45.6 Å². The van der Waals surface area contributed by atoms with Gasteiger partial charge in [0.05, 0.1) is 16.8 Å². The van der Waals surface area contributed by atoms with Crippen molar-refractivity contribution in [1.82, 2.24) is 9.78 Å². The van der Waals surface area contributed by atoms with Crippen LogP contribution in [0.4, 0.5) is 0 Å². The first-order valence-corrected chi connectivity index (χ1v) is 8.46. The van der Waals surface area contributed by atoms with Gasteiger partial charge in [0, 0.05) is 23.1 Å². The molecule has 0 saturated carbocycles. The van der Waals surface area contributed by atoms with Crippen molar-refractivity contribution in [2.45, 2.75) is 45.2 Å². The molecule has 1 unspecified atom stereocenters. The van der Waals surface area contributed by atoms with E-state index in [1.807, 2.05) is 24.4 Å². The molecule has 0 radical (unpaired) electrons. The molecule has 2 rings (SSSR count). The van der Waals surface area contributed by atoms with Gasteiger partial charge in [-0.15, -0.1) is 0 Å². The fraction of sp³-hybridized carbons (Fsp3) is 0.438. The van der Waals surface area contributed by atoms with Gasteiger partial charge in [0.2, 0.25) is 0 Å². The van der Waals surface area contributed by atoms with Gasteiger partial charge in [-0.3, -0.25) is 4.68 Å². The van der Waals surface area contributed by atoms with Gasteiger partial charge >= 0.3 is 0 Å². The Kier molecular flexibility index (Phi) is 5.85. The van der Waals surface area contributed by atoms with E-state index < -0.39 is 0 Å². The molecule has 0 bridgehead atoms. The lowest BCUT2D eigenvalue weighted by Crippen LogP contribution is -2.14. The number of benzene rings is 1. The molecule has 2 aromatic rings. The molecule has 3 nitrogen and oxygen atoms in total. The molecule has 5 heteroatoms. The van der Waals surface area contributed by atoms with E-state index in [0.29, 0.717) is 17.5 Å². The zero-order chi connectivity index (χ0) is 15.4. The summed E-state index contributed by atoms with van der Waals surface area (Å²) in [6.07, 6.45) is 4.94. The lowest BCUT2D eigenvalue weighted by molar-refractivity contribution is 0.424. The molecule has 0 aliphatic carbocycles. The minimum absolute atomic E-state index is 0.0966. The summed E-state index contributed by atoms with van der Waals surface area (Å²) in [6, 6.07) is 8.27. The van der Waals surface area contributed by atoms with Gasteiger partial charge in [-0.05, 0) is 52.5 Å². The number of halogens is 2. The van der Waals surface area contributed by atoms with Crippen LogP contribution < -0.4 is 5.73 Å². The molecule has 21 heavy (non-hydrogen) atoms. The fourth-order valence-corrected chi connectivity index (χ4v) is 2.87. The molecule has 0 spiro atoms. The molecule has 0 aliphatic heterocycles. The highest BCUT2D eigenvalue weighted by atomic mass is 79.9. The zero-order valence-corrected chi connectivity index (χ0v) is 14.7. The first-order chi connectivity index (χ1) is 10.0. The van der Waals surface area contributed by atoms with Crippen LogP contribution in [0.5, 0.6) is 0 Å². The normalized spacial score (nSPS) is 12.9. The van der Waals surface area contributed by atoms with Crippen molar-refractivity contribution in [3.8, 4) is 0 Å². The maximum absolute atomic E-state index is 6.27. The largest absolute Gasteiger partial charge is 0.324 e. The molecule has 1 aromatic heterocycles. The summed E-state index contributed by atoms with van der Waals surface area (Å²) in [5, 5.41) is 5.34. The van der Waals surface area contributed by atoms with Crippen LogP contribution in [-0.2, 0) is 6.42 Å². The lowest BCUT2D eigenvalue weighted by Gasteiger charge is -2.13. The van der Waals surface area contributed by atoms with Crippen LogP contribution in [0, 0.1) is 0 Å². The van der Waals surface area contributed by atoms with E-state index in [9.17, 15) is 0 Å². The van der Waals surface area contributed by atoms with Crippen molar-refractivity contribution in [3.05, 3.63) is 51.2 Å². The topological polar surface area (TPSA) is 43.8 Å². The van der Waals surface area contributed by atoms with Crippen LogP contribution in [0.2, 0.25) is 5.02 Å². The molecule has 1 aromatic carbocycles. The Morgan fingerprint density at radius 1 is 1.29 bits per heavy atom. The second-order valence-corrected chi connectivity index (χ2v) is 6.50. The molecule has 0 saturated heterocycles. The maximum Gasteiger partial charge on any atom is 0.0643 e. The summed E-state index contributed by atoms with van der Waals surface area (Å²) < 4.78 is 2.94. The summed E-state index contributed by atoms with van der Waals surface area (Å²) in [5.41, 5.74) is 8.32. The Morgan fingerprint density at radius 3 is 2.62 bits per heavy atom. The van der Waals surface area contributed by atoms with E-state index in [1.165, 1.54) is 0 Å². The monoisotopic (exact) mass is 369 g/mol. The highest BCUT2D eigenvalue weighted by molar-refractivity contribution is 9.10. The third kappa shape index (κ3) is 4.09.